The van der Waals surface area contributed by atoms with Crippen LogP contribution in [0.1, 0.15) is 24.0 Å². The Morgan fingerprint density at radius 3 is 2.31 bits per heavy atom. The minimum Gasteiger partial charge on any atom is -0.357 e. The number of aryl methyl sites for hydroxylation is 2. The van der Waals surface area contributed by atoms with Crippen molar-refractivity contribution in [3.05, 3.63) is 71.8 Å². The highest BCUT2D eigenvalue weighted by molar-refractivity contribution is 6.00. The Balaban J connectivity index is 1.48. The molecule has 0 atom stereocenters. The number of carbonyl (C=O) groups excluding carboxylic acids is 1. The number of aromatic nitrogens is 1. The maximum absolute atomic E-state index is 12.4. The van der Waals surface area contributed by atoms with Crippen LogP contribution in [-0.4, -0.2) is 24.1 Å². The lowest BCUT2D eigenvalue weighted by atomic mass is 10.1. The quantitative estimate of drug-likeness (QED) is 0.613. The molecule has 0 spiro atoms. The number of carbonyl (C=O) groups is 1. The molecule has 29 heavy (non-hydrogen) atoms. The molecule has 1 aliphatic rings. The van der Waals surface area contributed by atoms with Gasteiger partial charge >= 0.3 is 6.03 Å². The van der Waals surface area contributed by atoms with E-state index in [1.807, 2.05) is 62.4 Å². The molecule has 0 aliphatic carbocycles. The van der Waals surface area contributed by atoms with Gasteiger partial charge in [0.05, 0.1) is 5.69 Å². The maximum Gasteiger partial charge on any atom is 0.323 e. The molecule has 2 heterocycles. The van der Waals surface area contributed by atoms with E-state index in [-0.39, 0.29) is 6.03 Å². The summed E-state index contributed by atoms with van der Waals surface area (Å²) in [6, 6.07) is 19.6. The summed E-state index contributed by atoms with van der Waals surface area (Å²) in [4.78, 5) is 19.6. The van der Waals surface area contributed by atoms with Crippen LogP contribution < -0.4 is 15.5 Å². The highest BCUT2D eigenvalue weighted by Crippen LogP contribution is 2.25. The van der Waals surface area contributed by atoms with Crippen LogP contribution in [0.2, 0.25) is 0 Å². The highest BCUT2D eigenvalue weighted by Gasteiger charge is 2.14. The number of pyridine rings is 1. The van der Waals surface area contributed by atoms with Crippen LogP contribution in [0, 0.1) is 13.8 Å². The number of amides is 2. The van der Waals surface area contributed by atoms with E-state index >= 15 is 0 Å². The van der Waals surface area contributed by atoms with E-state index in [1.54, 1.807) is 0 Å². The van der Waals surface area contributed by atoms with Gasteiger partial charge in [-0.1, -0.05) is 24.3 Å². The lowest BCUT2D eigenvalue weighted by molar-refractivity contribution is 0.262. The number of hydrogen-bond donors (Lipinski definition) is 2. The van der Waals surface area contributed by atoms with Crippen molar-refractivity contribution in [2.45, 2.75) is 26.7 Å². The number of hydrogen-bond acceptors (Lipinski definition) is 3. The molecule has 3 aromatic rings. The van der Waals surface area contributed by atoms with Gasteiger partial charge in [0, 0.05) is 30.0 Å². The van der Waals surface area contributed by atoms with Crippen molar-refractivity contribution in [2.24, 2.45) is 0 Å². The fourth-order valence-corrected chi connectivity index (χ4v) is 3.80. The molecule has 2 amide bonds. The topological polar surface area (TPSA) is 57.3 Å². The zero-order valence-corrected chi connectivity index (χ0v) is 16.9. The van der Waals surface area contributed by atoms with Crippen LogP contribution in [0.4, 0.5) is 22.0 Å². The summed E-state index contributed by atoms with van der Waals surface area (Å²) in [7, 11) is 0. The van der Waals surface area contributed by atoms with Crippen LogP contribution in [0.5, 0.6) is 0 Å². The molecule has 0 radical (unpaired) electrons. The second-order valence-electron chi connectivity index (χ2n) is 7.61. The zero-order valence-electron chi connectivity index (χ0n) is 16.9. The predicted molar refractivity (Wildman–Crippen MR) is 120 cm³/mol. The monoisotopic (exact) mass is 386 g/mol. The Labute approximate surface area is 171 Å². The summed E-state index contributed by atoms with van der Waals surface area (Å²) < 4.78 is 0. The first-order valence-electron chi connectivity index (χ1n) is 10.1. The number of anilines is 3. The van der Waals surface area contributed by atoms with Gasteiger partial charge in [-0.2, -0.15) is 0 Å². The zero-order chi connectivity index (χ0) is 20.2. The molecule has 5 heteroatoms. The molecule has 0 unspecified atom stereocenters. The van der Waals surface area contributed by atoms with Crippen molar-refractivity contribution in [3.63, 3.8) is 0 Å². The molecule has 1 fully saturated rings. The minimum atomic E-state index is -0.258. The number of nitrogens with zero attached hydrogens (tertiary/aromatic N) is 2. The molecule has 0 bridgehead atoms. The van der Waals surface area contributed by atoms with E-state index in [0.29, 0.717) is 0 Å². The third kappa shape index (κ3) is 4.74. The van der Waals surface area contributed by atoms with Gasteiger partial charge in [-0.15, -0.1) is 0 Å². The summed E-state index contributed by atoms with van der Waals surface area (Å²) >= 11 is 0. The van der Waals surface area contributed by atoms with Crippen molar-refractivity contribution in [1.29, 1.82) is 0 Å². The molecule has 1 aliphatic heterocycles. The molecule has 0 saturated carbocycles. The van der Waals surface area contributed by atoms with Crippen molar-refractivity contribution in [1.82, 2.24) is 4.98 Å². The lowest BCUT2D eigenvalue weighted by Crippen LogP contribution is -2.19. The van der Waals surface area contributed by atoms with Crippen LogP contribution in [0.25, 0.3) is 11.3 Å². The third-order valence-electron chi connectivity index (χ3n) is 5.06. The second kappa shape index (κ2) is 8.35. The van der Waals surface area contributed by atoms with Gasteiger partial charge in [-0.05, 0) is 74.2 Å². The Morgan fingerprint density at radius 2 is 1.55 bits per heavy atom. The first kappa shape index (κ1) is 19.0. The SMILES string of the molecule is Cc1cc(C)cc(NC(=O)Nc2cccc(-c3cccc(N4CCCC4)n3)c2)c1. The first-order valence-corrected chi connectivity index (χ1v) is 10.1. The van der Waals surface area contributed by atoms with Gasteiger partial charge in [0.25, 0.3) is 0 Å². The van der Waals surface area contributed by atoms with E-state index < -0.39 is 0 Å². The van der Waals surface area contributed by atoms with Crippen LogP contribution in [-0.2, 0) is 0 Å². The standard InChI is InChI=1S/C24H26N4O/c1-17-13-18(2)15-21(14-17)26-24(29)25-20-8-5-7-19(16-20)22-9-6-10-23(27-22)28-11-3-4-12-28/h5-10,13-16H,3-4,11-12H2,1-2H3,(H2,25,26,29). The van der Waals surface area contributed by atoms with E-state index in [1.165, 1.54) is 12.8 Å². The van der Waals surface area contributed by atoms with Crippen molar-refractivity contribution >= 4 is 23.2 Å². The number of benzene rings is 2. The smallest absolute Gasteiger partial charge is 0.323 e. The number of rotatable bonds is 4. The fourth-order valence-electron chi connectivity index (χ4n) is 3.80. The van der Waals surface area contributed by atoms with Gasteiger partial charge in [-0.3, -0.25) is 0 Å². The molecule has 2 aromatic carbocycles. The summed E-state index contributed by atoms with van der Waals surface area (Å²) in [5, 5.41) is 5.83. The van der Waals surface area contributed by atoms with Crippen LogP contribution in [0.3, 0.4) is 0 Å². The van der Waals surface area contributed by atoms with Crippen LogP contribution in [0.15, 0.2) is 60.7 Å². The highest BCUT2D eigenvalue weighted by atomic mass is 16.2. The lowest BCUT2D eigenvalue weighted by Gasteiger charge is -2.17. The number of urea groups is 1. The molecule has 5 nitrogen and oxygen atoms in total. The average molecular weight is 386 g/mol. The minimum absolute atomic E-state index is 0.258. The summed E-state index contributed by atoms with van der Waals surface area (Å²) in [5.41, 5.74) is 5.65. The van der Waals surface area contributed by atoms with Gasteiger partial charge in [0.1, 0.15) is 5.82 Å². The summed E-state index contributed by atoms with van der Waals surface area (Å²) in [5.74, 6) is 1.02. The molecular weight excluding hydrogens is 360 g/mol. The Morgan fingerprint density at radius 1 is 0.862 bits per heavy atom. The first-order chi connectivity index (χ1) is 14.1. The Kier molecular flexibility index (Phi) is 5.47. The predicted octanol–water partition coefficient (Wildman–Crippen LogP) is 5.61. The largest absolute Gasteiger partial charge is 0.357 e. The van der Waals surface area contributed by atoms with Crippen molar-refractivity contribution < 1.29 is 4.79 Å². The van der Waals surface area contributed by atoms with E-state index in [9.17, 15) is 4.79 Å². The van der Waals surface area contributed by atoms with Gasteiger partial charge < -0.3 is 15.5 Å². The summed E-state index contributed by atoms with van der Waals surface area (Å²) in [6.07, 6.45) is 2.45. The Bertz CT molecular complexity index is 1000. The summed E-state index contributed by atoms with van der Waals surface area (Å²) in [6.45, 7) is 6.17. The fraction of sp³-hybridized carbons (Fsp3) is 0.250. The van der Waals surface area contributed by atoms with Gasteiger partial charge in [0.2, 0.25) is 0 Å². The van der Waals surface area contributed by atoms with E-state index in [4.69, 9.17) is 4.98 Å². The third-order valence-corrected chi connectivity index (χ3v) is 5.06. The molecule has 4 rings (SSSR count). The maximum atomic E-state index is 12.4. The van der Waals surface area contributed by atoms with E-state index in [2.05, 4.69) is 27.7 Å². The Hall–Kier alpha value is -3.34. The average Bonchev–Trinajstić information content (AvgIpc) is 3.22. The molecule has 1 saturated heterocycles. The van der Waals surface area contributed by atoms with Gasteiger partial charge in [-0.25, -0.2) is 9.78 Å². The molecule has 1 aromatic heterocycles. The normalized spacial score (nSPS) is 13.4. The van der Waals surface area contributed by atoms with Crippen LogP contribution >= 0.6 is 0 Å². The van der Waals surface area contributed by atoms with Crippen molar-refractivity contribution in [3.8, 4) is 11.3 Å². The van der Waals surface area contributed by atoms with E-state index in [0.717, 1.165) is 52.7 Å². The molecule has 2 N–H and O–H groups in total. The molecular formula is C24H26N4O. The molecule has 148 valence electrons. The second-order valence-corrected chi connectivity index (χ2v) is 7.61. The van der Waals surface area contributed by atoms with Crippen molar-refractivity contribution in [2.75, 3.05) is 28.6 Å². The number of nitrogens with one attached hydrogen (secondary N) is 2. The van der Waals surface area contributed by atoms with Gasteiger partial charge in [0.15, 0.2) is 0 Å².